The highest BCUT2D eigenvalue weighted by molar-refractivity contribution is 9.10. The van der Waals surface area contributed by atoms with Crippen molar-refractivity contribution in [3.63, 3.8) is 0 Å². The molecule has 0 amide bonds. The van der Waals surface area contributed by atoms with Crippen LogP contribution in [0.3, 0.4) is 0 Å². The minimum absolute atomic E-state index is 0.335. The Balaban J connectivity index is 1.87. The number of halogens is 1. The highest BCUT2D eigenvalue weighted by atomic mass is 79.9. The maximum atomic E-state index is 5.39. The van der Waals surface area contributed by atoms with Crippen molar-refractivity contribution in [2.75, 3.05) is 13.1 Å². The van der Waals surface area contributed by atoms with Crippen LogP contribution in [0.2, 0.25) is 0 Å². The summed E-state index contributed by atoms with van der Waals surface area (Å²) in [6.07, 6.45) is 0. The molecular formula is C13H14BrN3O. The van der Waals surface area contributed by atoms with Gasteiger partial charge in [-0.3, -0.25) is 0 Å². The predicted octanol–water partition coefficient (Wildman–Crippen LogP) is 2.82. The summed E-state index contributed by atoms with van der Waals surface area (Å²) < 4.78 is 6.44. The molecule has 2 aromatic rings. The van der Waals surface area contributed by atoms with Crippen LogP contribution >= 0.6 is 15.9 Å². The molecule has 3 rings (SSSR count). The van der Waals surface area contributed by atoms with Crippen LogP contribution in [-0.2, 0) is 0 Å². The van der Waals surface area contributed by atoms with Crippen molar-refractivity contribution >= 4 is 15.9 Å². The fraction of sp³-hybridized carbons (Fsp3) is 0.385. The van der Waals surface area contributed by atoms with E-state index in [9.17, 15) is 0 Å². The van der Waals surface area contributed by atoms with Crippen molar-refractivity contribution in [1.82, 2.24) is 15.5 Å². The Morgan fingerprint density at radius 3 is 2.72 bits per heavy atom. The summed E-state index contributed by atoms with van der Waals surface area (Å²) in [5, 5.41) is 7.41. The third-order valence-electron chi connectivity index (χ3n) is 3.38. The summed E-state index contributed by atoms with van der Waals surface area (Å²) in [7, 11) is 0. The maximum Gasteiger partial charge on any atom is 0.231 e. The Hall–Kier alpha value is -1.20. The lowest BCUT2D eigenvalue weighted by Crippen LogP contribution is -2.08. The number of nitrogens with zero attached hydrogens (tertiary/aromatic N) is 2. The topological polar surface area (TPSA) is 51.0 Å². The second kappa shape index (κ2) is 4.82. The zero-order chi connectivity index (χ0) is 12.5. The Morgan fingerprint density at radius 2 is 2.06 bits per heavy atom. The smallest absolute Gasteiger partial charge is 0.231 e. The SMILES string of the molecule is C[C@@H]1CNC[C@H]1c1nc(-c2ccc(Br)cc2)no1. The molecule has 1 aromatic heterocycles. The molecule has 5 heteroatoms. The van der Waals surface area contributed by atoms with Crippen molar-refractivity contribution in [3.8, 4) is 11.4 Å². The lowest BCUT2D eigenvalue weighted by atomic mass is 9.98. The van der Waals surface area contributed by atoms with Gasteiger partial charge in [-0.15, -0.1) is 0 Å². The first kappa shape index (κ1) is 11.9. The highest BCUT2D eigenvalue weighted by Crippen LogP contribution is 2.28. The van der Waals surface area contributed by atoms with Gasteiger partial charge in [0.05, 0.1) is 5.92 Å². The molecule has 0 bridgehead atoms. The molecule has 94 valence electrons. The van der Waals surface area contributed by atoms with Crippen LogP contribution in [-0.4, -0.2) is 23.2 Å². The van der Waals surface area contributed by atoms with Crippen LogP contribution in [0.1, 0.15) is 18.7 Å². The molecule has 0 radical (unpaired) electrons. The molecule has 1 aliphatic rings. The first-order valence-corrected chi connectivity index (χ1v) is 6.83. The van der Waals surface area contributed by atoms with Gasteiger partial charge in [-0.2, -0.15) is 4.98 Å². The van der Waals surface area contributed by atoms with Crippen molar-refractivity contribution in [2.24, 2.45) is 5.92 Å². The van der Waals surface area contributed by atoms with E-state index in [1.807, 2.05) is 24.3 Å². The molecular weight excluding hydrogens is 294 g/mol. The normalized spacial score (nSPS) is 23.4. The van der Waals surface area contributed by atoms with E-state index in [0.29, 0.717) is 17.7 Å². The highest BCUT2D eigenvalue weighted by Gasteiger charge is 2.29. The number of hydrogen-bond acceptors (Lipinski definition) is 4. The quantitative estimate of drug-likeness (QED) is 0.927. The number of nitrogens with one attached hydrogen (secondary N) is 1. The molecule has 0 saturated carbocycles. The third-order valence-corrected chi connectivity index (χ3v) is 3.91. The van der Waals surface area contributed by atoms with Gasteiger partial charge in [0, 0.05) is 16.6 Å². The molecule has 1 aliphatic heterocycles. The first-order chi connectivity index (χ1) is 8.74. The van der Waals surface area contributed by atoms with Crippen LogP contribution < -0.4 is 5.32 Å². The minimum atomic E-state index is 0.335. The van der Waals surface area contributed by atoms with Gasteiger partial charge in [-0.05, 0) is 36.7 Å². The zero-order valence-electron chi connectivity index (χ0n) is 10.1. The average Bonchev–Trinajstić information content (AvgIpc) is 2.98. The molecule has 2 atom stereocenters. The maximum absolute atomic E-state index is 5.39. The van der Waals surface area contributed by atoms with Crippen LogP contribution in [0.25, 0.3) is 11.4 Å². The second-order valence-corrected chi connectivity index (χ2v) is 5.62. The average molecular weight is 308 g/mol. The van der Waals surface area contributed by atoms with Gasteiger partial charge in [-0.25, -0.2) is 0 Å². The molecule has 1 N–H and O–H groups in total. The number of aromatic nitrogens is 2. The molecule has 4 nitrogen and oxygen atoms in total. The van der Waals surface area contributed by atoms with E-state index < -0.39 is 0 Å². The second-order valence-electron chi connectivity index (χ2n) is 4.71. The van der Waals surface area contributed by atoms with Crippen LogP contribution in [0.15, 0.2) is 33.3 Å². The Morgan fingerprint density at radius 1 is 1.28 bits per heavy atom. The van der Waals surface area contributed by atoms with Gasteiger partial charge in [0.2, 0.25) is 11.7 Å². The van der Waals surface area contributed by atoms with Crippen LogP contribution in [0, 0.1) is 5.92 Å². The molecule has 2 heterocycles. The van der Waals surface area contributed by atoms with E-state index in [2.05, 4.69) is 38.3 Å². The van der Waals surface area contributed by atoms with Crippen molar-refractivity contribution in [2.45, 2.75) is 12.8 Å². The summed E-state index contributed by atoms with van der Waals surface area (Å²) in [5.41, 5.74) is 0.979. The molecule has 18 heavy (non-hydrogen) atoms. The fourth-order valence-electron chi connectivity index (χ4n) is 2.24. The van der Waals surface area contributed by atoms with E-state index in [4.69, 9.17) is 4.52 Å². The van der Waals surface area contributed by atoms with Gasteiger partial charge < -0.3 is 9.84 Å². The van der Waals surface area contributed by atoms with E-state index in [-0.39, 0.29) is 0 Å². The Kier molecular flexibility index (Phi) is 3.18. The fourth-order valence-corrected chi connectivity index (χ4v) is 2.51. The molecule has 1 fully saturated rings. The summed E-state index contributed by atoms with van der Waals surface area (Å²) in [4.78, 5) is 4.51. The number of rotatable bonds is 2. The van der Waals surface area contributed by atoms with Crippen molar-refractivity contribution < 1.29 is 4.52 Å². The number of hydrogen-bond donors (Lipinski definition) is 1. The van der Waals surface area contributed by atoms with Gasteiger partial charge >= 0.3 is 0 Å². The summed E-state index contributed by atoms with van der Waals surface area (Å²) in [5.74, 6) is 2.28. The molecule has 1 saturated heterocycles. The Bertz CT molecular complexity index is 537. The first-order valence-electron chi connectivity index (χ1n) is 6.04. The molecule has 1 aromatic carbocycles. The standard InChI is InChI=1S/C13H14BrN3O/c1-8-6-15-7-11(8)13-16-12(17-18-13)9-2-4-10(14)5-3-9/h2-5,8,11,15H,6-7H2,1H3/t8-,11-/m1/s1. The van der Waals surface area contributed by atoms with Crippen molar-refractivity contribution in [1.29, 1.82) is 0 Å². The summed E-state index contributed by atoms with van der Waals surface area (Å²) in [6, 6.07) is 7.92. The van der Waals surface area contributed by atoms with Gasteiger partial charge in [-0.1, -0.05) is 28.0 Å². The van der Waals surface area contributed by atoms with Crippen LogP contribution in [0.5, 0.6) is 0 Å². The lowest BCUT2D eigenvalue weighted by Gasteiger charge is -2.07. The Labute approximate surface area is 114 Å². The zero-order valence-corrected chi connectivity index (χ0v) is 11.6. The van der Waals surface area contributed by atoms with Gasteiger partial charge in [0.1, 0.15) is 0 Å². The van der Waals surface area contributed by atoms with Gasteiger partial charge in [0.25, 0.3) is 0 Å². The van der Waals surface area contributed by atoms with E-state index in [0.717, 1.165) is 29.0 Å². The minimum Gasteiger partial charge on any atom is -0.339 e. The largest absolute Gasteiger partial charge is 0.339 e. The van der Waals surface area contributed by atoms with E-state index in [1.165, 1.54) is 0 Å². The molecule has 0 aliphatic carbocycles. The third kappa shape index (κ3) is 2.20. The predicted molar refractivity (Wildman–Crippen MR) is 72.2 cm³/mol. The summed E-state index contributed by atoms with van der Waals surface area (Å²) in [6.45, 7) is 4.14. The molecule has 0 unspecified atom stereocenters. The number of benzene rings is 1. The van der Waals surface area contributed by atoms with Crippen molar-refractivity contribution in [3.05, 3.63) is 34.6 Å². The van der Waals surface area contributed by atoms with E-state index in [1.54, 1.807) is 0 Å². The van der Waals surface area contributed by atoms with Crippen LogP contribution in [0.4, 0.5) is 0 Å². The lowest BCUT2D eigenvalue weighted by molar-refractivity contribution is 0.340. The van der Waals surface area contributed by atoms with E-state index >= 15 is 0 Å². The molecule has 0 spiro atoms. The summed E-state index contributed by atoms with van der Waals surface area (Å²) >= 11 is 3.41. The van der Waals surface area contributed by atoms with Gasteiger partial charge in [0.15, 0.2) is 0 Å². The monoisotopic (exact) mass is 307 g/mol.